The molecule has 7 rings (SSSR count). The maximum absolute atomic E-state index is 13.6. The third-order valence-electron chi connectivity index (χ3n) is 6.85. The zero-order chi connectivity index (χ0) is 20.4. The number of hydrogen-bond donors (Lipinski definition) is 0. The van der Waals surface area contributed by atoms with Gasteiger partial charge in [0, 0.05) is 11.8 Å². The fraction of sp³-hybridized carbons (Fsp3) is 0.231. The lowest BCUT2D eigenvalue weighted by atomic mass is 9.55. The second-order valence-electron chi connectivity index (χ2n) is 8.20. The molecule has 4 heteroatoms. The first-order valence-electron chi connectivity index (χ1n) is 10.5. The molecule has 0 spiro atoms. The molecule has 30 heavy (non-hydrogen) atoms. The van der Waals surface area contributed by atoms with E-state index in [1.807, 2.05) is 43.3 Å². The van der Waals surface area contributed by atoms with E-state index in [9.17, 15) is 9.59 Å². The third kappa shape index (κ3) is 2.16. The van der Waals surface area contributed by atoms with Crippen molar-refractivity contribution in [2.45, 2.75) is 18.8 Å². The summed E-state index contributed by atoms with van der Waals surface area (Å²) in [5, 5.41) is 0. The molecule has 3 aromatic rings. The Kier molecular flexibility index (Phi) is 3.66. The quantitative estimate of drug-likeness (QED) is 0.614. The largest absolute Gasteiger partial charge is 0.494 e. The van der Waals surface area contributed by atoms with Gasteiger partial charge in [-0.2, -0.15) is 0 Å². The van der Waals surface area contributed by atoms with Gasteiger partial charge in [-0.1, -0.05) is 48.5 Å². The van der Waals surface area contributed by atoms with E-state index >= 15 is 0 Å². The minimum atomic E-state index is -0.348. The fourth-order valence-electron chi connectivity index (χ4n) is 5.79. The molecule has 0 unspecified atom stereocenters. The van der Waals surface area contributed by atoms with E-state index < -0.39 is 0 Å². The van der Waals surface area contributed by atoms with Crippen LogP contribution in [0.5, 0.6) is 5.75 Å². The highest BCUT2D eigenvalue weighted by Crippen LogP contribution is 2.61. The molecule has 2 atom stereocenters. The Morgan fingerprint density at radius 3 is 1.53 bits per heavy atom. The molecule has 2 amide bonds. The number of amides is 2. The second kappa shape index (κ2) is 6.30. The van der Waals surface area contributed by atoms with Gasteiger partial charge in [-0.3, -0.25) is 9.59 Å². The second-order valence-corrected chi connectivity index (χ2v) is 8.20. The van der Waals surface area contributed by atoms with Crippen LogP contribution in [0.1, 0.15) is 41.0 Å². The number of imide groups is 1. The maximum atomic E-state index is 13.6. The average molecular weight is 395 g/mol. The summed E-state index contributed by atoms with van der Waals surface area (Å²) in [4.78, 5) is 28.7. The van der Waals surface area contributed by atoms with E-state index in [4.69, 9.17) is 4.74 Å². The van der Waals surface area contributed by atoms with Crippen molar-refractivity contribution in [3.63, 3.8) is 0 Å². The molecule has 0 radical (unpaired) electrons. The topological polar surface area (TPSA) is 46.6 Å². The number of carbonyl (C=O) groups excluding carboxylic acids is 2. The van der Waals surface area contributed by atoms with Gasteiger partial charge >= 0.3 is 0 Å². The van der Waals surface area contributed by atoms with Crippen LogP contribution in [0.3, 0.4) is 0 Å². The van der Waals surface area contributed by atoms with E-state index in [1.165, 1.54) is 27.2 Å². The van der Waals surface area contributed by atoms with Crippen LogP contribution in [0.2, 0.25) is 0 Å². The van der Waals surface area contributed by atoms with Gasteiger partial charge in [-0.05, 0) is 53.4 Å². The minimum Gasteiger partial charge on any atom is -0.494 e. The zero-order valence-electron chi connectivity index (χ0n) is 16.6. The van der Waals surface area contributed by atoms with Gasteiger partial charge in [0.1, 0.15) is 5.75 Å². The molecule has 1 aliphatic heterocycles. The summed E-state index contributed by atoms with van der Waals surface area (Å²) in [5.41, 5.74) is 5.39. The number of ether oxygens (including phenoxy) is 1. The lowest BCUT2D eigenvalue weighted by Gasteiger charge is -2.45. The molecule has 1 heterocycles. The molecule has 1 saturated heterocycles. The van der Waals surface area contributed by atoms with Gasteiger partial charge in [0.15, 0.2) is 0 Å². The van der Waals surface area contributed by atoms with Crippen molar-refractivity contribution in [2.24, 2.45) is 11.8 Å². The Morgan fingerprint density at radius 2 is 1.13 bits per heavy atom. The summed E-state index contributed by atoms with van der Waals surface area (Å²) in [6.07, 6.45) is 0. The summed E-state index contributed by atoms with van der Waals surface area (Å²) in [5.74, 6) is -0.287. The van der Waals surface area contributed by atoms with Gasteiger partial charge < -0.3 is 4.74 Å². The Morgan fingerprint density at radius 1 is 0.700 bits per heavy atom. The van der Waals surface area contributed by atoms with Crippen molar-refractivity contribution in [1.29, 1.82) is 0 Å². The van der Waals surface area contributed by atoms with Gasteiger partial charge in [0.2, 0.25) is 11.8 Å². The van der Waals surface area contributed by atoms with Crippen molar-refractivity contribution in [3.05, 3.63) is 95.1 Å². The molecule has 0 aromatic heterocycles. The maximum Gasteiger partial charge on any atom is 0.238 e. The van der Waals surface area contributed by atoms with Crippen LogP contribution < -0.4 is 9.64 Å². The minimum absolute atomic E-state index is 0.0726. The van der Waals surface area contributed by atoms with Crippen LogP contribution in [0.15, 0.2) is 72.8 Å². The number of carbonyl (C=O) groups is 2. The number of anilines is 1. The predicted octanol–water partition coefficient (Wildman–Crippen LogP) is 4.48. The Bertz CT molecular complexity index is 1070. The molecule has 148 valence electrons. The van der Waals surface area contributed by atoms with Crippen LogP contribution in [-0.4, -0.2) is 18.4 Å². The summed E-state index contributed by atoms with van der Waals surface area (Å²) in [6, 6.07) is 23.9. The van der Waals surface area contributed by atoms with E-state index in [0.29, 0.717) is 12.3 Å². The van der Waals surface area contributed by atoms with E-state index in [0.717, 1.165) is 5.75 Å². The Labute approximate surface area is 175 Å². The van der Waals surface area contributed by atoms with E-state index in [1.54, 1.807) is 12.1 Å². The fourth-order valence-corrected chi connectivity index (χ4v) is 5.79. The van der Waals surface area contributed by atoms with Crippen molar-refractivity contribution >= 4 is 17.5 Å². The molecule has 3 aromatic carbocycles. The van der Waals surface area contributed by atoms with Crippen molar-refractivity contribution in [1.82, 2.24) is 0 Å². The van der Waals surface area contributed by atoms with Crippen molar-refractivity contribution < 1.29 is 14.3 Å². The molecule has 2 bridgehead atoms. The van der Waals surface area contributed by atoms with Crippen LogP contribution in [0.25, 0.3) is 0 Å². The standard InChI is InChI=1S/C26H21NO3/c1-2-30-16-13-11-15(12-14-16)27-25(28)23-21-17-7-3-4-8-18(17)22(24(23)26(27)29)20-10-6-5-9-19(20)21/h3-14,21-24H,2H2,1H3/t21?,22?,23-,24-/m1/s1. The van der Waals surface area contributed by atoms with Gasteiger partial charge in [-0.25, -0.2) is 4.90 Å². The van der Waals surface area contributed by atoms with Crippen LogP contribution in [0, 0.1) is 11.8 Å². The first kappa shape index (κ1) is 17.5. The van der Waals surface area contributed by atoms with Crippen LogP contribution in [0.4, 0.5) is 5.69 Å². The lowest BCUT2D eigenvalue weighted by Crippen LogP contribution is -2.41. The van der Waals surface area contributed by atoms with Gasteiger partial charge in [0.05, 0.1) is 24.1 Å². The molecule has 4 nitrogen and oxygen atoms in total. The number of rotatable bonds is 3. The summed E-state index contributed by atoms with van der Waals surface area (Å²) >= 11 is 0. The molecule has 0 N–H and O–H groups in total. The summed E-state index contributed by atoms with van der Waals surface area (Å²) < 4.78 is 5.51. The Hall–Kier alpha value is -3.40. The Balaban J connectivity index is 1.49. The summed E-state index contributed by atoms with van der Waals surface area (Å²) in [6.45, 7) is 2.50. The van der Waals surface area contributed by atoms with Crippen LogP contribution >= 0.6 is 0 Å². The molecule has 1 fully saturated rings. The monoisotopic (exact) mass is 395 g/mol. The normalized spacial score (nSPS) is 25.7. The van der Waals surface area contributed by atoms with Crippen molar-refractivity contribution in [2.75, 3.05) is 11.5 Å². The highest BCUT2D eigenvalue weighted by molar-refractivity contribution is 6.23. The smallest absolute Gasteiger partial charge is 0.238 e. The SMILES string of the molecule is CCOc1ccc(N2C(=O)[C@@H]3C4c5ccccc5C(c5ccccc54)[C@H]3C2=O)cc1. The number of nitrogens with zero attached hydrogens (tertiary/aromatic N) is 1. The van der Waals surface area contributed by atoms with Crippen molar-refractivity contribution in [3.8, 4) is 5.75 Å². The van der Waals surface area contributed by atoms with Gasteiger partial charge in [0.25, 0.3) is 0 Å². The highest BCUT2D eigenvalue weighted by Gasteiger charge is 2.61. The highest BCUT2D eigenvalue weighted by atomic mass is 16.5. The lowest BCUT2D eigenvalue weighted by molar-refractivity contribution is -0.122. The molecule has 4 aliphatic rings. The van der Waals surface area contributed by atoms with Gasteiger partial charge in [-0.15, -0.1) is 0 Å². The first-order chi connectivity index (χ1) is 14.7. The molecular weight excluding hydrogens is 374 g/mol. The van der Waals surface area contributed by atoms with E-state index in [-0.39, 0.29) is 35.5 Å². The third-order valence-corrected chi connectivity index (χ3v) is 6.85. The predicted molar refractivity (Wildman–Crippen MR) is 114 cm³/mol. The zero-order valence-corrected chi connectivity index (χ0v) is 16.6. The van der Waals surface area contributed by atoms with E-state index in [2.05, 4.69) is 24.3 Å². The summed E-state index contributed by atoms with van der Waals surface area (Å²) in [7, 11) is 0. The first-order valence-corrected chi connectivity index (χ1v) is 10.5. The molecule has 3 aliphatic carbocycles. The number of hydrogen-bond acceptors (Lipinski definition) is 3. The number of benzene rings is 3. The molecule has 0 saturated carbocycles. The van der Waals surface area contributed by atoms with Crippen LogP contribution in [-0.2, 0) is 9.59 Å². The average Bonchev–Trinajstić information content (AvgIpc) is 3.05. The molecular formula is C26H21NO3.